The third-order valence-corrected chi connectivity index (χ3v) is 5.85. The number of anilines is 2. The first-order chi connectivity index (χ1) is 14.4. The molecule has 0 bridgehead atoms. The number of benzene rings is 2. The standard InChI is InChI=1S/C22H25FN4O3/c1-3-30-17-7-5-16(6-8-17)24-21(29)27-12-10-22(11-13-27)25-20(28)18-9-4-15(23)14-19(18)26(22)2/h4-9,14H,3,10-13H2,1-2H3,(H,24,29)(H,25,28). The van der Waals surface area contributed by atoms with Crippen LogP contribution in [0.4, 0.5) is 20.6 Å². The fraction of sp³-hybridized carbons (Fsp3) is 0.364. The lowest BCUT2D eigenvalue weighted by molar-refractivity contribution is 0.0815. The first-order valence-electron chi connectivity index (χ1n) is 10.1. The largest absolute Gasteiger partial charge is 0.494 e. The third kappa shape index (κ3) is 3.65. The summed E-state index contributed by atoms with van der Waals surface area (Å²) < 4.78 is 19.2. The van der Waals surface area contributed by atoms with Crippen molar-refractivity contribution in [1.29, 1.82) is 0 Å². The van der Waals surface area contributed by atoms with Gasteiger partial charge in [0.15, 0.2) is 0 Å². The van der Waals surface area contributed by atoms with Gasteiger partial charge in [-0.25, -0.2) is 9.18 Å². The molecule has 7 nitrogen and oxygen atoms in total. The van der Waals surface area contributed by atoms with Crippen LogP contribution in [-0.4, -0.2) is 49.2 Å². The lowest BCUT2D eigenvalue weighted by Crippen LogP contribution is -2.67. The number of hydrogen-bond donors (Lipinski definition) is 2. The molecular formula is C22H25FN4O3. The lowest BCUT2D eigenvalue weighted by atomic mass is 9.90. The number of likely N-dealkylation sites (tertiary alicyclic amines) is 1. The van der Waals surface area contributed by atoms with Gasteiger partial charge in [0.2, 0.25) is 0 Å². The summed E-state index contributed by atoms with van der Waals surface area (Å²) in [7, 11) is 1.85. The number of hydrogen-bond acceptors (Lipinski definition) is 4. The fourth-order valence-electron chi connectivity index (χ4n) is 4.11. The fourth-order valence-corrected chi connectivity index (χ4v) is 4.11. The van der Waals surface area contributed by atoms with Gasteiger partial charge in [0.1, 0.15) is 17.2 Å². The molecular weight excluding hydrogens is 387 g/mol. The van der Waals surface area contributed by atoms with Crippen molar-refractivity contribution in [2.24, 2.45) is 0 Å². The van der Waals surface area contributed by atoms with Crippen LogP contribution in [0, 0.1) is 5.82 Å². The molecule has 0 unspecified atom stereocenters. The van der Waals surface area contributed by atoms with Crippen LogP contribution in [0.3, 0.4) is 0 Å². The van der Waals surface area contributed by atoms with Crippen molar-refractivity contribution in [3.63, 3.8) is 0 Å². The Morgan fingerprint density at radius 3 is 2.57 bits per heavy atom. The number of nitrogens with one attached hydrogen (secondary N) is 2. The smallest absolute Gasteiger partial charge is 0.321 e. The monoisotopic (exact) mass is 412 g/mol. The van der Waals surface area contributed by atoms with Gasteiger partial charge in [0, 0.05) is 38.7 Å². The number of fused-ring (bicyclic) bond motifs is 1. The zero-order valence-corrected chi connectivity index (χ0v) is 17.1. The summed E-state index contributed by atoms with van der Waals surface area (Å²) in [5.74, 6) is 0.163. The van der Waals surface area contributed by atoms with Crippen LogP contribution in [0.2, 0.25) is 0 Å². The van der Waals surface area contributed by atoms with E-state index < -0.39 is 5.66 Å². The van der Waals surface area contributed by atoms with E-state index in [-0.39, 0.29) is 17.8 Å². The first kappa shape index (κ1) is 20.0. The van der Waals surface area contributed by atoms with E-state index in [1.54, 1.807) is 17.0 Å². The van der Waals surface area contributed by atoms with Crippen molar-refractivity contribution in [1.82, 2.24) is 10.2 Å². The predicted octanol–water partition coefficient (Wildman–Crippen LogP) is 3.43. The predicted molar refractivity (Wildman–Crippen MR) is 112 cm³/mol. The molecule has 158 valence electrons. The maximum atomic E-state index is 13.8. The second-order valence-corrected chi connectivity index (χ2v) is 7.58. The number of ether oxygens (including phenoxy) is 1. The van der Waals surface area contributed by atoms with Crippen molar-refractivity contribution in [2.45, 2.75) is 25.4 Å². The highest BCUT2D eigenvalue weighted by molar-refractivity contribution is 6.02. The minimum absolute atomic E-state index is 0.190. The minimum atomic E-state index is -0.631. The molecule has 2 aliphatic rings. The normalized spacial score (nSPS) is 17.4. The molecule has 2 aromatic carbocycles. The van der Waals surface area contributed by atoms with E-state index in [0.29, 0.717) is 49.5 Å². The molecule has 3 amide bonds. The van der Waals surface area contributed by atoms with Gasteiger partial charge in [-0.1, -0.05) is 0 Å². The molecule has 1 fully saturated rings. The molecule has 1 spiro atoms. The molecule has 2 N–H and O–H groups in total. The van der Waals surface area contributed by atoms with E-state index in [2.05, 4.69) is 10.6 Å². The summed E-state index contributed by atoms with van der Waals surface area (Å²) in [6, 6.07) is 11.2. The van der Waals surface area contributed by atoms with Crippen molar-refractivity contribution in [3.05, 3.63) is 53.8 Å². The van der Waals surface area contributed by atoms with Crippen LogP contribution in [0.5, 0.6) is 5.75 Å². The SMILES string of the molecule is CCOc1ccc(NC(=O)N2CCC3(CC2)NC(=O)c2ccc(F)cc2N3C)cc1. The number of carbonyl (C=O) groups is 2. The summed E-state index contributed by atoms with van der Waals surface area (Å²) in [6.07, 6.45) is 1.09. The lowest BCUT2D eigenvalue weighted by Gasteiger charge is -2.51. The van der Waals surface area contributed by atoms with Crippen molar-refractivity contribution < 1.29 is 18.7 Å². The molecule has 4 rings (SSSR count). The topological polar surface area (TPSA) is 73.9 Å². The number of carbonyl (C=O) groups excluding carboxylic acids is 2. The summed E-state index contributed by atoms with van der Waals surface area (Å²) in [5, 5.41) is 5.97. The van der Waals surface area contributed by atoms with Gasteiger partial charge in [0.25, 0.3) is 5.91 Å². The number of urea groups is 1. The Bertz CT molecular complexity index is 955. The summed E-state index contributed by atoms with van der Waals surface area (Å²) >= 11 is 0. The maximum absolute atomic E-state index is 13.8. The molecule has 0 saturated carbocycles. The summed E-state index contributed by atoms with van der Waals surface area (Å²) in [4.78, 5) is 28.9. The summed E-state index contributed by atoms with van der Waals surface area (Å²) in [5.41, 5.74) is 1.09. The van der Waals surface area contributed by atoms with Gasteiger partial charge in [-0.3, -0.25) is 4.79 Å². The second kappa shape index (κ2) is 7.85. The Morgan fingerprint density at radius 2 is 1.90 bits per heavy atom. The van der Waals surface area contributed by atoms with Crippen LogP contribution >= 0.6 is 0 Å². The third-order valence-electron chi connectivity index (χ3n) is 5.85. The highest BCUT2D eigenvalue weighted by Gasteiger charge is 2.45. The van der Waals surface area contributed by atoms with E-state index in [0.717, 1.165) is 5.75 Å². The minimum Gasteiger partial charge on any atom is -0.494 e. The molecule has 0 atom stereocenters. The van der Waals surface area contributed by atoms with Crippen molar-refractivity contribution in [3.8, 4) is 5.75 Å². The van der Waals surface area contributed by atoms with E-state index >= 15 is 0 Å². The van der Waals surface area contributed by atoms with Crippen molar-refractivity contribution in [2.75, 3.05) is 37.0 Å². The number of halogens is 1. The average molecular weight is 412 g/mol. The van der Waals surface area contributed by atoms with Crippen molar-refractivity contribution >= 4 is 23.3 Å². The Balaban J connectivity index is 1.42. The van der Waals surface area contributed by atoms with Gasteiger partial charge >= 0.3 is 6.03 Å². The Labute approximate surface area is 174 Å². The van der Waals surface area contributed by atoms with Crippen LogP contribution in [0.1, 0.15) is 30.1 Å². The van der Waals surface area contributed by atoms with Crippen LogP contribution in [0.25, 0.3) is 0 Å². The number of rotatable bonds is 3. The molecule has 30 heavy (non-hydrogen) atoms. The van der Waals surface area contributed by atoms with Crippen LogP contribution in [-0.2, 0) is 0 Å². The van der Waals surface area contributed by atoms with Gasteiger partial charge in [-0.15, -0.1) is 0 Å². The van der Waals surface area contributed by atoms with Gasteiger partial charge in [0.05, 0.1) is 17.9 Å². The van der Waals surface area contributed by atoms with Gasteiger partial charge in [-0.2, -0.15) is 0 Å². The van der Waals surface area contributed by atoms with E-state index in [1.165, 1.54) is 18.2 Å². The molecule has 0 radical (unpaired) electrons. The molecule has 1 saturated heterocycles. The van der Waals surface area contributed by atoms with Gasteiger partial charge < -0.3 is 25.2 Å². The summed E-state index contributed by atoms with van der Waals surface area (Å²) in [6.45, 7) is 3.44. The Hall–Kier alpha value is -3.29. The maximum Gasteiger partial charge on any atom is 0.321 e. The highest BCUT2D eigenvalue weighted by atomic mass is 19.1. The molecule has 2 aliphatic heterocycles. The Morgan fingerprint density at radius 1 is 1.20 bits per heavy atom. The van der Waals surface area contributed by atoms with E-state index in [9.17, 15) is 14.0 Å². The average Bonchev–Trinajstić information content (AvgIpc) is 2.74. The zero-order valence-electron chi connectivity index (χ0n) is 17.1. The molecule has 0 aromatic heterocycles. The molecule has 8 heteroatoms. The second-order valence-electron chi connectivity index (χ2n) is 7.58. The zero-order chi connectivity index (χ0) is 21.3. The number of piperidine rings is 1. The molecule has 2 heterocycles. The van der Waals surface area contributed by atoms with Crippen LogP contribution in [0.15, 0.2) is 42.5 Å². The van der Waals surface area contributed by atoms with E-state index in [1.807, 2.05) is 31.0 Å². The highest BCUT2D eigenvalue weighted by Crippen LogP contribution is 2.36. The number of amides is 3. The van der Waals surface area contributed by atoms with Gasteiger partial charge in [-0.05, 0) is 49.4 Å². The first-order valence-corrected chi connectivity index (χ1v) is 10.1. The number of nitrogens with zero attached hydrogens (tertiary/aromatic N) is 2. The quantitative estimate of drug-likeness (QED) is 0.810. The molecule has 2 aromatic rings. The molecule has 0 aliphatic carbocycles. The van der Waals surface area contributed by atoms with Crippen LogP contribution < -0.4 is 20.3 Å². The Kier molecular flexibility index (Phi) is 5.24. The van der Waals surface area contributed by atoms with E-state index in [4.69, 9.17) is 4.74 Å².